The van der Waals surface area contributed by atoms with E-state index >= 15 is 0 Å². The first kappa shape index (κ1) is 13.2. The van der Waals surface area contributed by atoms with E-state index in [9.17, 15) is 0 Å². The molecule has 3 unspecified atom stereocenters. The average molecular weight is 288 g/mol. The summed E-state index contributed by atoms with van der Waals surface area (Å²) in [4.78, 5) is 4.16. The molecule has 3 aliphatic rings. The molecule has 3 aliphatic heterocycles. The molecule has 3 atom stereocenters. The van der Waals surface area contributed by atoms with E-state index in [4.69, 9.17) is 0 Å². The summed E-state index contributed by atoms with van der Waals surface area (Å²) in [5.74, 6) is 2.00. The maximum Gasteiger partial charge on any atom is 0.0122 e. The van der Waals surface area contributed by atoms with Crippen LogP contribution < -0.4 is 5.32 Å². The molecule has 0 spiro atoms. The number of likely N-dealkylation sites (N-methyl/N-ethyl adjacent to an activating group) is 1. The van der Waals surface area contributed by atoms with Crippen LogP contribution in [0.2, 0.25) is 0 Å². The van der Waals surface area contributed by atoms with Crippen molar-refractivity contribution >= 4 is 11.8 Å². The Kier molecular flexibility index (Phi) is 3.53. The number of nitrogens with zero attached hydrogens (tertiary/aromatic N) is 1. The first-order valence-electron chi connectivity index (χ1n) is 7.97. The molecule has 3 heteroatoms. The molecule has 2 nitrogen and oxygen atoms in total. The zero-order chi connectivity index (χ0) is 13.5. The van der Waals surface area contributed by atoms with Crippen LogP contribution in [-0.4, -0.2) is 42.4 Å². The number of rotatable bonds is 3. The van der Waals surface area contributed by atoms with Gasteiger partial charge in [0.15, 0.2) is 0 Å². The van der Waals surface area contributed by atoms with E-state index in [1.807, 2.05) is 11.8 Å². The van der Waals surface area contributed by atoms with Gasteiger partial charge in [0.2, 0.25) is 0 Å². The molecule has 0 aromatic heterocycles. The van der Waals surface area contributed by atoms with Gasteiger partial charge in [-0.1, -0.05) is 18.2 Å². The number of hydrogen-bond acceptors (Lipinski definition) is 3. The second-order valence-corrected chi connectivity index (χ2v) is 7.81. The second kappa shape index (κ2) is 5.36. The van der Waals surface area contributed by atoms with Crippen molar-refractivity contribution in [2.45, 2.75) is 54.6 Å². The van der Waals surface area contributed by atoms with Crippen molar-refractivity contribution in [1.29, 1.82) is 0 Å². The number of hydrogen-bond donors (Lipinski definition) is 1. The Morgan fingerprint density at radius 3 is 2.75 bits per heavy atom. The Bertz CT molecular complexity index is 478. The monoisotopic (exact) mass is 288 g/mol. The fourth-order valence-corrected chi connectivity index (χ4v) is 5.51. The van der Waals surface area contributed by atoms with Gasteiger partial charge in [0.05, 0.1) is 0 Å². The molecule has 1 aromatic carbocycles. The van der Waals surface area contributed by atoms with E-state index in [0.717, 1.165) is 24.0 Å². The molecule has 0 radical (unpaired) electrons. The molecule has 0 amide bonds. The van der Waals surface area contributed by atoms with Gasteiger partial charge in [0.1, 0.15) is 0 Å². The number of benzene rings is 1. The Morgan fingerprint density at radius 2 is 1.95 bits per heavy atom. The molecule has 2 saturated heterocycles. The van der Waals surface area contributed by atoms with Gasteiger partial charge in [-0.15, -0.1) is 11.8 Å². The molecule has 0 aliphatic carbocycles. The van der Waals surface area contributed by atoms with Crippen molar-refractivity contribution in [2.75, 3.05) is 19.3 Å². The highest BCUT2D eigenvalue weighted by molar-refractivity contribution is 7.99. The Morgan fingerprint density at radius 1 is 1.20 bits per heavy atom. The Labute approximate surface area is 126 Å². The van der Waals surface area contributed by atoms with Crippen molar-refractivity contribution in [2.24, 2.45) is 0 Å². The predicted molar refractivity (Wildman–Crippen MR) is 85.5 cm³/mol. The van der Waals surface area contributed by atoms with E-state index < -0.39 is 0 Å². The minimum atomic E-state index is 0.730. The lowest BCUT2D eigenvalue weighted by atomic mass is 9.95. The summed E-state index contributed by atoms with van der Waals surface area (Å²) in [6.45, 7) is 1.23. The lowest BCUT2D eigenvalue weighted by Gasteiger charge is -2.36. The molecule has 20 heavy (non-hydrogen) atoms. The number of fused-ring (bicyclic) bond motifs is 3. The fourth-order valence-electron chi connectivity index (χ4n) is 4.26. The van der Waals surface area contributed by atoms with Crippen LogP contribution in [0.25, 0.3) is 0 Å². The second-order valence-electron chi connectivity index (χ2n) is 6.75. The average Bonchev–Trinajstić information content (AvgIpc) is 3.03. The number of piperidine rings is 1. The summed E-state index contributed by atoms with van der Waals surface area (Å²) in [7, 11) is 2.35. The molecule has 4 rings (SSSR count). The van der Waals surface area contributed by atoms with Crippen LogP contribution >= 0.6 is 11.8 Å². The van der Waals surface area contributed by atoms with E-state index in [2.05, 4.69) is 41.5 Å². The lowest BCUT2D eigenvalue weighted by Crippen LogP contribution is -2.47. The first-order valence-corrected chi connectivity index (χ1v) is 8.96. The van der Waals surface area contributed by atoms with Gasteiger partial charge in [-0.2, -0.15) is 0 Å². The van der Waals surface area contributed by atoms with Gasteiger partial charge in [0.25, 0.3) is 0 Å². The molecular formula is C17H24N2S. The highest BCUT2D eigenvalue weighted by Gasteiger charge is 2.36. The first-order chi connectivity index (χ1) is 9.79. The molecule has 1 N–H and O–H groups in total. The van der Waals surface area contributed by atoms with Crippen LogP contribution in [0.4, 0.5) is 0 Å². The van der Waals surface area contributed by atoms with Crippen LogP contribution in [0.5, 0.6) is 0 Å². The van der Waals surface area contributed by atoms with Crippen LogP contribution in [0.3, 0.4) is 0 Å². The summed E-state index contributed by atoms with van der Waals surface area (Å²) in [6, 6.07) is 11.4. The van der Waals surface area contributed by atoms with Crippen molar-refractivity contribution < 1.29 is 0 Å². The zero-order valence-electron chi connectivity index (χ0n) is 12.2. The highest BCUT2D eigenvalue weighted by Crippen LogP contribution is 2.40. The Balaban J connectivity index is 1.42. The third-order valence-electron chi connectivity index (χ3n) is 5.38. The highest BCUT2D eigenvalue weighted by atomic mass is 32.2. The molecule has 2 fully saturated rings. The summed E-state index contributed by atoms with van der Waals surface area (Å²) in [5.41, 5.74) is 1.58. The van der Waals surface area contributed by atoms with E-state index in [1.165, 1.54) is 42.9 Å². The maximum absolute atomic E-state index is 3.75. The Hall–Kier alpha value is -0.510. The molecule has 0 saturated carbocycles. The SMILES string of the molecule is CN(CC1CSc2ccccc21)C1CC2CCC(C1)N2. The van der Waals surface area contributed by atoms with Gasteiger partial charge < -0.3 is 10.2 Å². The molecule has 108 valence electrons. The van der Waals surface area contributed by atoms with Gasteiger partial charge in [-0.25, -0.2) is 0 Å². The van der Waals surface area contributed by atoms with Crippen molar-refractivity contribution in [1.82, 2.24) is 10.2 Å². The summed E-state index contributed by atoms with van der Waals surface area (Å²) < 4.78 is 0. The van der Waals surface area contributed by atoms with Crippen molar-refractivity contribution in [3.05, 3.63) is 29.8 Å². The largest absolute Gasteiger partial charge is 0.311 e. The summed E-state index contributed by atoms with van der Waals surface area (Å²) in [6.07, 6.45) is 5.51. The minimum Gasteiger partial charge on any atom is -0.311 e. The van der Waals surface area contributed by atoms with E-state index in [0.29, 0.717) is 0 Å². The van der Waals surface area contributed by atoms with Crippen LogP contribution in [0.15, 0.2) is 29.2 Å². The molecule has 3 heterocycles. The maximum atomic E-state index is 3.75. The lowest BCUT2D eigenvalue weighted by molar-refractivity contribution is 0.167. The third-order valence-corrected chi connectivity index (χ3v) is 6.63. The minimum absolute atomic E-state index is 0.730. The third kappa shape index (κ3) is 2.40. The van der Waals surface area contributed by atoms with Crippen LogP contribution in [-0.2, 0) is 0 Å². The van der Waals surface area contributed by atoms with Crippen LogP contribution in [0, 0.1) is 0 Å². The van der Waals surface area contributed by atoms with Gasteiger partial charge >= 0.3 is 0 Å². The van der Waals surface area contributed by atoms with Gasteiger partial charge in [0, 0.05) is 41.2 Å². The zero-order valence-corrected chi connectivity index (χ0v) is 13.0. The summed E-state index contributed by atoms with van der Waals surface area (Å²) in [5, 5.41) is 3.75. The van der Waals surface area contributed by atoms with E-state index in [-0.39, 0.29) is 0 Å². The topological polar surface area (TPSA) is 15.3 Å². The van der Waals surface area contributed by atoms with Crippen molar-refractivity contribution in [3.63, 3.8) is 0 Å². The van der Waals surface area contributed by atoms with Gasteiger partial charge in [-0.05, 0) is 44.4 Å². The molecule has 1 aromatic rings. The van der Waals surface area contributed by atoms with E-state index in [1.54, 1.807) is 5.56 Å². The smallest absolute Gasteiger partial charge is 0.0122 e. The van der Waals surface area contributed by atoms with Crippen molar-refractivity contribution in [3.8, 4) is 0 Å². The predicted octanol–water partition coefficient (Wildman–Crippen LogP) is 3.09. The number of thioether (sulfide) groups is 1. The quantitative estimate of drug-likeness (QED) is 0.920. The number of nitrogens with one attached hydrogen (secondary N) is 1. The molecule has 2 bridgehead atoms. The standard InChI is InChI=1S/C17H24N2S/c1-19(15-8-13-6-7-14(9-15)18-13)10-12-11-20-17-5-3-2-4-16(12)17/h2-5,12-15,18H,6-11H2,1H3. The van der Waals surface area contributed by atoms with Crippen LogP contribution in [0.1, 0.15) is 37.2 Å². The van der Waals surface area contributed by atoms with Gasteiger partial charge in [-0.3, -0.25) is 0 Å². The summed E-state index contributed by atoms with van der Waals surface area (Å²) >= 11 is 2.04. The normalized spacial score (nSPS) is 35.5. The molecular weight excluding hydrogens is 264 g/mol. The fraction of sp³-hybridized carbons (Fsp3) is 0.647.